The smallest absolute Gasteiger partial charge is 0.243 e. The number of carbonyl (C=O) groups is 4. The molecule has 0 aromatic heterocycles. The molecule has 2 rings (SSSR count). The van der Waals surface area contributed by atoms with Gasteiger partial charge >= 0.3 is 0 Å². The number of aromatic hydroxyl groups is 2. The summed E-state index contributed by atoms with van der Waals surface area (Å²) in [6, 6.07) is 7.49. The summed E-state index contributed by atoms with van der Waals surface area (Å²) in [5.74, 6) is -1.85. The summed E-state index contributed by atoms with van der Waals surface area (Å²) in [6.45, 7) is 2.68. The topological polar surface area (TPSA) is 261 Å². The fourth-order valence-electron chi connectivity index (χ4n) is 4.63. The van der Waals surface area contributed by atoms with Crippen LogP contribution in [-0.2, 0) is 25.6 Å². The number of rotatable bonds is 19. The first-order chi connectivity index (χ1) is 21.5. The van der Waals surface area contributed by atoms with Crippen LogP contribution in [0.1, 0.15) is 43.2 Å². The Morgan fingerprint density at radius 2 is 1.42 bits per heavy atom. The third kappa shape index (κ3) is 12.7. The number of nitrogens with one attached hydrogen (secondary N) is 4. The van der Waals surface area contributed by atoms with E-state index in [1.807, 2.05) is 0 Å². The molecule has 4 amide bonds. The second kappa shape index (κ2) is 19.2. The molecule has 0 saturated heterocycles. The molecule has 0 aliphatic rings. The first-order valence-corrected chi connectivity index (χ1v) is 15.1. The van der Waals surface area contributed by atoms with Crippen molar-refractivity contribution in [1.29, 1.82) is 0 Å². The Labute approximate surface area is 263 Å². The summed E-state index contributed by atoms with van der Waals surface area (Å²) in [6.07, 6.45) is 1.73. The van der Waals surface area contributed by atoms with Crippen molar-refractivity contribution in [3.63, 3.8) is 0 Å². The zero-order chi connectivity index (χ0) is 33.4. The number of phenolic OH excluding ortho intramolecular Hbond substituents is 2. The molecule has 45 heavy (non-hydrogen) atoms. The molecule has 0 spiro atoms. The average Bonchev–Trinajstić information content (AvgIpc) is 3.01. The van der Waals surface area contributed by atoms with Crippen LogP contribution < -0.4 is 44.2 Å². The summed E-state index contributed by atoms with van der Waals surface area (Å²) in [4.78, 5) is 50.8. The number of phenols is 2. The molecule has 0 saturated carbocycles. The van der Waals surface area contributed by atoms with Crippen LogP contribution in [0.4, 0.5) is 0 Å². The summed E-state index contributed by atoms with van der Waals surface area (Å²) in [7, 11) is 0. The van der Waals surface area contributed by atoms with Gasteiger partial charge in [-0.25, -0.2) is 0 Å². The largest absolute Gasteiger partial charge is 0.508 e. The Bertz CT molecular complexity index is 1290. The van der Waals surface area contributed by atoms with Crippen LogP contribution in [0, 0.1) is 6.92 Å². The molecule has 0 unspecified atom stereocenters. The Hall–Kier alpha value is -4.24. The van der Waals surface area contributed by atoms with E-state index in [2.05, 4.69) is 21.3 Å². The van der Waals surface area contributed by atoms with E-state index in [0.29, 0.717) is 50.0 Å². The SMILES string of the molecule is Cc1cc(-c2ccc(O)c(C[C@H](N)C(=O)N[C@@H](CCCN)C(=O)NCC(=O)N[C@@H](CCCN)CC(=O)NCCN)c2)ccc1O. The molecule has 2 aromatic carbocycles. The zero-order valence-electron chi connectivity index (χ0n) is 25.8. The van der Waals surface area contributed by atoms with Gasteiger partial charge in [0.1, 0.15) is 17.5 Å². The van der Waals surface area contributed by atoms with Crippen molar-refractivity contribution in [2.45, 2.75) is 63.6 Å². The summed E-state index contributed by atoms with van der Waals surface area (Å²) >= 11 is 0. The number of amides is 4. The normalized spacial score (nSPS) is 12.9. The Morgan fingerprint density at radius 3 is 2.07 bits per heavy atom. The van der Waals surface area contributed by atoms with Crippen molar-refractivity contribution >= 4 is 23.6 Å². The van der Waals surface area contributed by atoms with Gasteiger partial charge in [0.25, 0.3) is 0 Å². The standard InChI is InChI=1S/C31H48N8O6/c1-19-14-20(6-8-26(19)40)21-7-9-27(41)22(15-21)16-24(35)30(44)39-25(5-3-11-33)31(45)37-18-29(43)38-23(4-2-10-32)17-28(42)36-13-12-34/h6-9,14-15,23-25,40-41H,2-5,10-13,16-18,32-35H2,1H3,(H,36,42)(H,37,45)(H,38,43)(H,39,44)/t23-,24-,25-/m0/s1. The molecule has 14 heteroatoms. The van der Waals surface area contributed by atoms with E-state index < -0.39 is 35.8 Å². The van der Waals surface area contributed by atoms with Gasteiger partial charge in [-0.2, -0.15) is 0 Å². The molecule has 0 aliphatic carbocycles. The lowest BCUT2D eigenvalue weighted by molar-refractivity contribution is -0.131. The monoisotopic (exact) mass is 628 g/mol. The van der Waals surface area contributed by atoms with Gasteiger partial charge in [-0.15, -0.1) is 0 Å². The van der Waals surface area contributed by atoms with Gasteiger partial charge < -0.3 is 54.4 Å². The van der Waals surface area contributed by atoms with Gasteiger partial charge in [-0.05, 0) is 92.2 Å². The van der Waals surface area contributed by atoms with E-state index >= 15 is 0 Å². The Morgan fingerprint density at radius 1 is 0.778 bits per heavy atom. The Balaban J connectivity index is 2.01. The van der Waals surface area contributed by atoms with Crippen LogP contribution in [0.3, 0.4) is 0 Å². The van der Waals surface area contributed by atoms with Crippen molar-refractivity contribution in [3.8, 4) is 22.6 Å². The van der Waals surface area contributed by atoms with Crippen molar-refractivity contribution in [2.75, 3.05) is 32.7 Å². The van der Waals surface area contributed by atoms with Gasteiger partial charge in [-0.1, -0.05) is 12.1 Å². The van der Waals surface area contributed by atoms with Crippen LogP contribution >= 0.6 is 0 Å². The third-order valence-corrected chi connectivity index (χ3v) is 7.16. The lowest BCUT2D eigenvalue weighted by Crippen LogP contribution is -2.53. The molecule has 0 aliphatic heterocycles. The average molecular weight is 629 g/mol. The van der Waals surface area contributed by atoms with Crippen molar-refractivity contribution in [1.82, 2.24) is 21.3 Å². The fourth-order valence-corrected chi connectivity index (χ4v) is 4.63. The van der Waals surface area contributed by atoms with E-state index in [1.165, 1.54) is 6.07 Å². The van der Waals surface area contributed by atoms with E-state index in [9.17, 15) is 29.4 Å². The molecule has 14 N–H and O–H groups in total. The molecule has 248 valence electrons. The quantitative estimate of drug-likeness (QED) is 0.0904. The van der Waals surface area contributed by atoms with Crippen molar-refractivity contribution in [2.24, 2.45) is 22.9 Å². The minimum Gasteiger partial charge on any atom is -0.508 e. The number of aryl methyl sites for hydroxylation is 1. The fraction of sp³-hybridized carbons (Fsp3) is 0.484. The van der Waals surface area contributed by atoms with Gasteiger partial charge in [-0.3, -0.25) is 19.2 Å². The molecule has 0 bridgehead atoms. The number of hydrogen-bond donors (Lipinski definition) is 10. The summed E-state index contributed by atoms with van der Waals surface area (Å²) < 4.78 is 0. The maximum absolute atomic E-state index is 13.0. The molecule has 14 nitrogen and oxygen atoms in total. The van der Waals surface area contributed by atoms with Gasteiger partial charge in [0, 0.05) is 32.0 Å². The van der Waals surface area contributed by atoms with E-state index in [-0.39, 0.29) is 49.8 Å². The van der Waals surface area contributed by atoms with Gasteiger partial charge in [0.15, 0.2) is 0 Å². The Kier molecular flexibility index (Phi) is 15.8. The van der Waals surface area contributed by atoms with Gasteiger partial charge in [0.05, 0.1) is 12.6 Å². The molecular weight excluding hydrogens is 580 g/mol. The van der Waals surface area contributed by atoms with Gasteiger partial charge in [0.2, 0.25) is 23.6 Å². The molecule has 0 fully saturated rings. The highest BCUT2D eigenvalue weighted by atomic mass is 16.3. The highest BCUT2D eigenvalue weighted by Gasteiger charge is 2.25. The first kappa shape index (κ1) is 36.9. The van der Waals surface area contributed by atoms with Crippen LogP contribution in [0.5, 0.6) is 11.5 Å². The summed E-state index contributed by atoms with van der Waals surface area (Å²) in [5, 5.41) is 30.8. The van der Waals surface area contributed by atoms with Crippen molar-refractivity contribution < 1.29 is 29.4 Å². The highest BCUT2D eigenvalue weighted by Crippen LogP contribution is 2.29. The van der Waals surface area contributed by atoms with Crippen molar-refractivity contribution in [3.05, 3.63) is 47.5 Å². The van der Waals surface area contributed by atoms with Crippen LogP contribution in [0.15, 0.2) is 36.4 Å². The van der Waals surface area contributed by atoms with E-state index in [1.54, 1.807) is 37.3 Å². The number of benzene rings is 2. The molecule has 0 heterocycles. The second-order valence-corrected chi connectivity index (χ2v) is 10.9. The predicted molar refractivity (Wildman–Crippen MR) is 172 cm³/mol. The van der Waals surface area contributed by atoms with Crippen LogP contribution in [-0.4, -0.2) is 84.7 Å². The molecule has 0 radical (unpaired) electrons. The first-order valence-electron chi connectivity index (χ1n) is 15.1. The number of hydrogen-bond acceptors (Lipinski definition) is 10. The number of carbonyl (C=O) groups excluding carboxylic acids is 4. The maximum atomic E-state index is 13.0. The predicted octanol–water partition coefficient (Wildman–Crippen LogP) is -1.03. The minimum atomic E-state index is -1.10. The lowest BCUT2D eigenvalue weighted by Gasteiger charge is -2.22. The number of nitrogens with two attached hydrogens (primary N) is 4. The maximum Gasteiger partial charge on any atom is 0.243 e. The van der Waals surface area contributed by atoms with E-state index in [0.717, 1.165) is 11.1 Å². The lowest BCUT2D eigenvalue weighted by atomic mass is 9.97. The summed E-state index contributed by atoms with van der Waals surface area (Å²) in [5.41, 5.74) is 25.5. The second-order valence-electron chi connectivity index (χ2n) is 10.9. The minimum absolute atomic E-state index is 0.0146. The molecule has 3 atom stereocenters. The zero-order valence-corrected chi connectivity index (χ0v) is 25.8. The van der Waals surface area contributed by atoms with Crippen LogP contribution in [0.25, 0.3) is 11.1 Å². The highest BCUT2D eigenvalue weighted by molar-refractivity contribution is 5.92. The molecular formula is C31H48N8O6. The molecule has 2 aromatic rings. The van der Waals surface area contributed by atoms with Crippen LogP contribution in [0.2, 0.25) is 0 Å². The third-order valence-electron chi connectivity index (χ3n) is 7.16. The van der Waals surface area contributed by atoms with E-state index in [4.69, 9.17) is 22.9 Å².